The number of hydrogen-bond donors (Lipinski definition) is 2. The first-order valence-electron chi connectivity index (χ1n) is 9.92. The van der Waals surface area contributed by atoms with Crippen LogP contribution in [0, 0.1) is 5.82 Å². The average Bonchev–Trinajstić information content (AvgIpc) is 3.18. The summed E-state index contributed by atoms with van der Waals surface area (Å²) >= 11 is 0. The minimum Gasteiger partial charge on any atom is -0.344 e. The average molecular weight is 440 g/mol. The van der Waals surface area contributed by atoms with Crippen LogP contribution in [-0.2, 0) is 17.5 Å². The van der Waals surface area contributed by atoms with Gasteiger partial charge in [-0.05, 0) is 49.1 Å². The van der Waals surface area contributed by atoms with E-state index in [1.165, 1.54) is 23.2 Å². The van der Waals surface area contributed by atoms with Gasteiger partial charge in [0.05, 0.1) is 0 Å². The van der Waals surface area contributed by atoms with Gasteiger partial charge in [-0.3, -0.25) is 20.4 Å². The van der Waals surface area contributed by atoms with E-state index in [9.17, 15) is 27.2 Å². The van der Waals surface area contributed by atoms with E-state index in [0.717, 1.165) is 29.0 Å². The lowest BCUT2D eigenvalue weighted by molar-refractivity contribution is -0.139. The number of pyridine rings is 1. The van der Waals surface area contributed by atoms with Crippen LogP contribution in [0.5, 0.6) is 0 Å². The van der Waals surface area contributed by atoms with Crippen molar-refractivity contribution in [1.29, 1.82) is 0 Å². The van der Waals surface area contributed by atoms with Crippen LogP contribution in [0.4, 0.5) is 17.6 Å². The summed E-state index contributed by atoms with van der Waals surface area (Å²) in [4.78, 5) is 25.7. The number of carbonyl (C=O) groups excluding carboxylic acids is 1. The molecule has 2 atom stereocenters. The van der Waals surface area contributed by atoms with Crippen molar-refractivity contribution in [1.82, 2.24) is 20.3 Å². The summed E-state index contributed by atoms with van der Waals surface area (Å²) in [7, 11) is 1.56. The Morgan fingerprint density at radius 3 is 2.58 bits per heavy atom. The Labute approximate surface area is 176 Å². The molecule has 10 heteroatoms. The molecule has 1 saturated heterocycles. The molecule has 1 aliphatic rings. The van der Waals surface area contributed by atoms with Gasteiger partial charge in [0.25, 0.3) is 5.56 Å². The van der Waals surface area contributed by atoms with Crippen LogP contribution in [0.25, 0.3) is 0 Å². The van der Waals surface area contributed by atoms with Gasteiger partial charge in [0, 0.05) is 31.9 Å². The van der Waals surface area contributed by atoms with Gasteiger partial charge in [-0.2, -0.15) is 13.2 Å². The van der Waals surface area contributed by atoms with E-state index in [-0.39, 0.29) is 17.9 Å². The molecule has 0 aliphatic carbocycles. The first kappa shape index (κ1) is 23.0. The second kappa shape index (κ2) is 9.61. The second-order valence-electron chi connectivity index (χ2n) is 7.64. The zero-order chi connectivity index (χ0) is 22.6. The van der Waals surface area contributed by atoms with Crippen molar-refractivity contribution in [3.8, 4) is 0 Å². The molecule has 0 radical (unpaired) electrons. The van der Waals surface area contributed by atoms with E-state index in [2.05, 4.69) is 10.9 Å². The molecule has 1 aromatic carbocycles. The molecule has 2 N–H and O–H groups in total. The summed E-state index contributed by atoms with van der Waals surface area (Å²) < 4.78 is 52.4. The van der Waals surface area contributed by atoms with E-state index in [4.69, 9.17) is 0 Å². The number of hydrazine groups is 1. The highest BCUT2D eigenvalue weighted by atomic mass is 19.4. The number of hydrogen-bond acceptors (Lipinski definition) is 4. The van der Waals surface area contributed by atoms with Gasteiger partial charge < -0.3 is 9.47 Å². The van der Waals surface area contributed by atoms with Crippen molar-refractivity contribution < 1.29 is 22.4 Å². The maximum atomic E-state index is 13.1. The number of benzene rings is 1. The standard InChI is InChI=1S/C21H24F4N4O2/c1-28(19(30)13-29-11-3-5-17(20(29)31)21(23,24)25)10-2-4-16-12-18(27-26-16)14-6-8-15(22)9-7-14/h3,5-9,11,16,18,26-27H,2,4,10,12-13H2,1H3. The number of likely N-dealkylation sites (N-methyl/N-ethyl adjacent to an activating group) is 1. The third-order valence-electron chi connectivity index (χ3n) is 5.36. The summed E-state index contributed by atoms with van der Waals surface area (Å²) in [6, 6.07) is 8.35. The molecule has 2 heterocycles. The smallest absolute Gasteiger partial charge is 0.344 e. The molecular formula is C21H24F4N4O2. The molecule has 0 bridgehead atoms. The SMILES string of the molecule is CN(CCCC1CC(c2ccc(F)cc2)NN1)C(=O)Cn1cccc(C(F)(F)F)c1=O. The topological polar surface area (TPSA) is 66.4 Å². The van der Waals surface area contributed by atoms with E-state index in [1.807, 2.05) is 0 Å². The Kier molecular flexibility index (Phi) is 7.11. The Morgan fingerprint density at radius 2 is 1.90 bits per heavy atom. The summed E-state index contributed by atoms with van der Waals surface area (Å²) in [5.74, 6) is -0.727. The summed E-state index contributed by atoms with van der Waals surface area (Å²) in [6.45, 7) is -0.0406. The van der Waals surface area contributed by atoms with Crippen molar-refractivity contribution in [2.24, 2.45) is 0 Å². The van der Waals surface area contributed by atoms with Crippen molar-refractivity contribution in [3.63, 3.8) is 0 Å². The van der Waals surface area contributed by atoms with Crippen molar-refractivity contribution >= 4 is 5.91 Å². The molecule has 168 valence electrons. The largest absolute Gasteiger partial charge is 0.421 e. The summed E-state index contributed by atoms with van der Waals surface area (Å²) in [6.07, 6.45) is -1.33. The molecule has 6 nitrogen and oxygen atoms in total. The van der Waals surface area contributed by atoms with E-state index in [1.54, 1.807) is 19.2 Å². The van der Waals surface area contributed by atoms with Crippen LogP contribution in [0.3, 0.4) is 0 Å². The number of alkyl halides is 3. The number of nitrogens with one attached hydrogen (secondary N) is 2. The van der Waals surface area contributed by atoms with Gasteiger partial charge in [0.1, 0.15) is 17.9 Å². The lowest BCUT2D eigenvalue weighted by atomic mass is 9.99. The zero-order valence-corrected chi connectivity index (χ0v) is 17.0. The molecule has 0 spiro atoms. The minimum absolute atomic E-state index is 0.0674. The molecule has 0 saturated carbocycles. The first-order chi connectivity index (χ1) is 14.6. The first-order valence-corrected chi connectivity index (χ1v) is 9.92. The monoisotopic (exact) mass is 440 g/mol. The van der Waals surface area contributed by atoms with E-state index < -0.39 is 29.8 Å². The van der Waals surface area contributed by atoms with Crippen LogP contribution in [0.2, 0.25) is 0 Å². The molecule has 1 fully saturated rings. The lowest BCUT2D eigenvalue weighted by Gasteiger charge is -2.19. The van der Waals surface area contributed by atoms with Crippen LogP contribution in [0.1, 0.15) is 36.4 Å². The lowest BCUT2D eigenvalue weighted by Crippen LogP contribution is -2.37. The fourth-order valence-electron chi connectivity index (χ4n) is 3.57. The fraction of sp³-hybridized carbons (Fsp3) is 0.429. The maximum Gasteiger partial charge on any atom is 0.421 e. The third kappa shape index (κ3) is 5.92. The van der Waals surface area contributed by atoms with Crippen molar-refractivity contribution in [3.05, 3.63) is 69.9 Å². The van der Waals surface area contributed by atoms with Crippen molar-refractivity contribution in [2.45, 2.75) is 44.1 Å². The van der Waals surface area contributed by atoms with Gasteiger partial charge in [-0.15, -0.1) is 0 Å². The summed E-state index contributed by atoms with van der Waals surface area (Å²) in [5, 5.41) is 0. The number of carbonyl (C=O) groups is 1. The molecule has 31 heavy (non-hydrogen) atoms. The van der Waals surface area contributed by atoms with Gasteiger partial charge >= 0.3 is 6.18 Å². The van der Waals surface area contributed by atoms with E-state index >= 15 is 0 Å². The molecule has 2 aromatic rings. The normalized spacial score (nSPS) is 18.9. The third-order valence-corrected chi connectivity index (χ3v) is 5.36. The second-order valence-corrected chi connectivity index (χ2v) is 7.64. The number of rotatable bonds is 7. The predicted molar refractivity (Wildman–Crippen MR) is 106 cm³/mol. The van der Waals surface area contributed by atoms with Gasteiger partial charge in [0.15, 0.2) is 0 Å². The Balaban J connectivity index is 1.46. The molecule has 2 unspecified atom stereocenters. The van der Waals surface area contributed by atoms with Crippen LogP contribution < -0.4 is 16.4 Å². The Hall–Kier alpha value is -2.72. The number of aromatic nitrogens is 1. The van der Waals surface area contributed by atoms with Crippen LogP contribution in [-0.4, -0.2) is 35.0 Å². The molecule has 1 amide bonds. The van der Waals surface area contributed by atoms with Gasteiger partial charge in [0.2, 0.25) is 5.91 Å². The highest BCUT2D eigenvalue weighted by Gasteiger charge is 2.34. The zero-order valence-electron chi connectivity index (χ0n) is 17.0. The minimum atomic E-state index is -4.76. The number of amides is 1. The Bertz CT molecular complexity index is 959. The van der Waals surface area contributed by atoms with Gasteiger partial charge in [-0.1, -0.05) is 12.1 Å². The highest BCUT2D eigenvalue weighted by molar-refractivity contribution is 5.75. The number of halogens is 4. The Morgan fingerprint density at radius 1 is 1.19 bits per heavy atom. The number of nitrogens with zero attached hydrogens (tertiary/aromatic N) is 2. The van der Waals surface area contributed by atoms with Gasteiger partial charge in [-0.25, -0.2) is 4.39 Å². The molecule has 1 aliphatic heterocycles. The maximum absolute atomic E-state index is 13.1. The molecular weight excluding hydrogens is 416 g/mol. The molecule has 1 aromatic heterocycles. The highest BCUT2D eigenvalue weighted by Crippen LogP contribution is 2.26. The quantitative estimate of drug-likeness (QED) is 0.650. The van der Waals surface area contributed by atoms with E-state index in [0.29, 0.717) is 19.0 Å². The predicted octanol–water partition coefficient (Wildman–Crippen LogP) is 2.85. The van der Waals surface area contributed by atoms with Crippen molar-refractivity contribution in [2.75, 3.05) is 13.6 Å². The fourth-order valence-corrected chi connectivity index (χ4v) is 3.57. The summed E-state index contributed by atoms with van der Waals surface area (Å²) in [5.41, 5.74) is 4.83. The van der Waals surface area contributed by atoms with Crippen LogP contribution >= 0.6 is 0 Å². The van der Waals surface area contributed by atoms with Crippen LogP contribution in [0.15, 0.2) is 47.4 Å². The molecule has 3 rings (SSSR count).